The molecule has 156 valence electrons. The molecule has 1 saturated heterocycles. The highest BCUT2D eigenvalue weighted by molar-refractivity contribution is 5.89. The summed E-state index contributed by atoms with van der Waals surface area (Å²) >= 11 is 0. The predicted octanol–water partition coefficient (Wildman–Crippen LogP) is 1.85. The fourth-order valence-electron chi connectivity index (χ4n) is 3.87. The Morgan fingerprint density at radius 1 is 1.30 bits per heavy atom. The summed E-state index contributed by atoms with van der Waals surface area (Å²) in [5.41, 5.74) is 2.52. The van der Waals surface area contributed by atoms with Crippen LogP contribution in [0.1, 0.15) is 23.7 Å². The van der Waals surface area contributed by atoms with Gasteiger partial charge in [-0.1, -0.05) is 30.3 Å². The fourth-order valence-corrected chi connectivity index (χ4v) is 3.87. The fraction of sp³-hybridized carbons (Fsp3) is 0.364. The quantitative estimate of drug-likeness (QED) is 0.594. The van der Waals surface area contributed by atoms with E-state index in [-0.39, 0.29) is 30.2 Å². The van der Waals surface area contributed by atoms with Gasteiger partial charge in [0.15, 0.2) is 5.65 Å². The van der Waals surface area contributed by atoms with Crippen molar-refractivity contribution in [2.24, 2.45) is 5.92 Å². The van der Waals surface area contributed by atoms with E-state index in [0.717, 1.165) is 16.6 Å². The molecule has 0 aliphatic carbocycles. The minimum absolute atomic E-state index is 0.0111. The number of pyridine rings is 1. The van der Waals surface area contributed by atoms with Gasteiger partial charge in [0.05, 0.1) is 24.3 Å². The van der Waals surface area contributed by atoms with Crippen molar-refractivity contribution < 1.29 is 14.3 Å². The van der Waals surface area contributed by atoms with E-state index in [1.54, 1.807) is 18.2 Å². The van der Waals surface area contributed by atoms with E-state index in [1.807, 2.05) is 42.5 Å². The summed E-state index contributed by atoms with van der Waals surface area (Å²) in [5, 5.41) is 11.4. The maximum Gasteiger partial charge on any atom is 0.225 e. The molecule has 4 rings (SSSR count). The molecule has 0 spiro atoms. The third-order valence-electron chi connectivity index (χ3n) is 5.46. The first-order valence-electron chi connectivity index (χ1n) is 10.1. The number of nitrogens with zero attached hydrogens (tertiary/aromatic N) is 3. The first-order chi connectivity index (χ1) is 14.7. The van der Waals surface area contributed by atoms with Gasteiger partial charge in [0.2, 0.25) is 11.8 Å². The normalized spacial score (nSPS) is 17.4. The van der Waals surface area contributed by atoms with Crippen molar-refractivity contribution >= 4 is 22.8 Å². The van der Waals surface area contributed by atoms with Crippen LogP contribution in [0.15, 0.2) is 48.7 Å². The van der Waals surface area contributed by atoms with Crippen molar-refractivity contribution in [2.45, 2.75) is 18.9 Å². The summed E-state index contributed by atoms with van der Waals surface area (Å²) in [4.78, 5) is 31.3. The van der Waals surface area contributed by atoms with Gasteiger partial charge in [0, 0.05) is 38.2 Å². The SMILES string of the molecule is COCCN1C[C@@H](C(=O)N[C@H](Cc2ccccc2)c2[nH]nc3ncccc23)CC1=O. The molecule has 8 heteroatoms. The summed E-state index contributed by atoms with van der Waals surface area (Å²) in [7, 11) is 1.60. The minimum Gasteiger partial charge on any atom is -0.383 e. The Hall–Kier alpha value is -3.26. The van der Waals surface area contributed by atoms with Crippen LogP contribution in [-0.4, -0.2) is 58.7 Å². The monoisotopic (exact) mass is 407 g/mol. The lowest BCUT2D eigenvalue weighted by molar-refractivity contribution is -0.129. The van der Waals surface area contributed by atoms with Crippen LogP contribution < -0.4 is 5.32 Å². The second kappa shape index (κ2) is 9.04. The largest absolute Gasteiger partial charge is 0.383 e. The Bertz CT molecular complexity index is 1020. The number of fused-ring (bicyclic) bond motifs is 1. The van der Waals surface area contributed by atoms with Crippen molar-refractivity contribution in [3.8, 4) is 0 Å². The maximum absolute atomic E-state index is 13.1. The minimum atomic E-state index is -0.375. The van der Waals surface area contributed by atoms with Crippen LogP contribution in [0.2, 0.25) is 0 Å². The number of nitrogens with one attached hydrogen (secondary N) is 2. The van der Waals surface area contributed by atoms with Crippen LogP contribution >= 0.6 is 0 Å². The van der Waals surface area contributed by atoms with Crippen LogP contribution in [0.3, 0.4) is 0 Å². The van der Waals surface area contributed by atoms with E-state index < -0.39 is 0 Å². The van der Waals surface area contributed by atoms with Crippen LogP contribution in [0.25, 0.3) is 11.0 Å². The van der Waals surface area contributed by atoms with Gasteiger partial charge in [-0.2, -0.15) is 5.10 Å². The topological polar surface area (TPSA) is 100 Å². The molecule has 0 bridgehead atoms. The van der Waals surface area contributed by atoms with Crippen molar-refractivity contribution in [1.82, 2.24) is 25.4 Å². The number of benzene rings is 1. The highest BCUT2D eigenvalue weighted by Crippen LogP contribution is 2.25. The van der Waals surface area contributed by atoms with Crippen LogP contribution in [-0.2, 0) is 20.7 Å². The van der Waals surface area contributed by atoms with Gasteiger partial charge in [-0.25, -0.2) is 4.98 Å². The first-order valence-corrected chi connectivity index (χ1v) is 10.1. The molecule has 2 N–H and O–H groups in total. The summed E-state index contributed by atoms with van der Waals surface area (Å²) in [6, 6.07) is 13.5. The number of amides is 2. The third-order valence-corrected chi connectivity index (χ3v) is 5.46. The second-order valence-corrected chi connectivity index (χ2v) is 7.50. The third kappa shape index (κ3) is 4.33. The Kier molecular flexibility index (Phi) is 6.04. The zero-order valence-corrected chi connectivity index (χ0v) is 16.9. The number of ether oxygens (including phenoxy) is 1. The van der Waals surface area contributed by atoms with Crippen molar-refractivity contribution in [1.29, 1.82) is 0 Å². The van der Waals surface area contributed by atoms with Gasteiger partial charge in [-0.15, -0.1) is 0 Å². The average molecular weight is 407 g/mol. The lowest BCUT2D eigenvalue weighted by atomic mass is 10.00. The number of carbonyl (C=O) groups excluding carboxylic acids is 2. The molecular weight excluding hydrogens is 382 g/mol. The summed E-state index contributed by atoms with van der Waals surface area (Å²) in [6.45, 7) is 1.38. The van der Waals surface area contributed by atoms with Gasteiger partial charge in [0.25, 0.3) is 0 Å². The van der Waals surface area contributed by atoms with Gasteiger partial charge in [-0.05, 0) is 24.1 Å². The number of methoxy groups -OCH3 is 1. The van der Waals surface area contributed by atoms with Crippen molar-refractivity contribution in [3.63, 3.8) is 0 Å². The molecule has 30 heavy (non-hydrogen) atoms. The van der Waals surface area contributed by atoms with Gasteiger partial charge < -0.3 is 15.0 Å². The van der Waals surface area contributed by atoms with Crippen LogP contribution in [0.4, 0.5) is 0 Å². The molecular formula is C22H25N5O3. The molecule has 8 nitrogen and oxygen atoms in total. The number of hydrogen-bond acceptors (Lipinski definition) is 5. The summed E-state index contributed by atoms with van der Waals surface area (Å²) in [5.74, 6) is -0.515. The second-order valence-electron chi connectivity index (χ2n) is 7.50. The molecule has 3 aromatic rings. The number of hydrogen-bond donors (Lipinski definition) is 2. The zero-order chi connectivity index (χ0) is 20.9. The van der Waals surface area contributed by atoms with E-state index in [9.17, 15) is 9.59 Å². The van der Waals surface area contributed by atoms with Crippen LogP contribution in [0, 0.1) is 5.92 Å². The number of H-pyrrole nitrogens is 1. The Morgan fingerprint density at radius 2 is 2.13 bits per heavy atom. The molecule has 1 aromatic carbocycles. The highest BCUT2D eigenvalue weighted by Gasteiger charge is 2.35. The van der Waals surface area contributed by atoms with E-state index in [4.69, 9.17) is 4.74 Å². The molecule has 1 aliphatic rings. The van der Waals surface area contributed by atoms with E-state index in [0.29, 0.717) is 31.8 Å². The van der Waals surface area contributed by atoms with E-state index in [1.165, 1.54) is 0 Å². The van der Waals surface area contributed by atoms with Crippen molar-refractivity contribution in [2.75, 3.05) is 26.8 Å². The number of likely N-dealkylation sites (tertiary alicyclic amines) is 1. The summed E-state index contributed by atoms with van der Waals surface area (Å²) < 4.78 is 5.06. The average Bonchev–Trinajstić information content (AvgIpc) is 3.36. The zero-order valence-electron chi connectivity index (χ0n) is 16.9. The van der Waals surface area contributed by atoms with Gasteiger partial charge >= 0.3 is 0 Å². The van der Waals surface area contributed by atoms with Gasteiger partial charge in [-0.3, -0.25) is 14.7 Å². The van der Waals surface area contributed by atoms with E-state index >= 15 is 0 Å². The number of rotatable bonds is 8. The molecule has 2 amide bonds. The Morgan fingerprint density at radius 3 is 2.93 bits per heavy atom. The molecule has 1 aliphatic heterocycles. The van der Waals surface area contributed by atoms with Crippen LogP contribution in [0.5, 0.6) is 0 Å². The highest BCUT2D eigenvalue weighted by atomic mass is 16.5. The Labute approximate surface area is 174 Å². The molecule has 0 radical (unpaired) electrons. The lowest BCUT2D eigenvalue weighted by Crippen LogP contribution is -2.37. The molecule has 2 aromatic heterocycles. The molecule has 2 atom stereocenters. The first kappa shape index (κ1) is 20.0. The molecule has 0 unspecified atom stereocenters. The lowest BCUT2D eigenvalue weighted by Gasteiger charge is -2.21. The molecule has 1 fully saturated rings. The standard InChI is InChI=1S/C22H25N5O3/c1-30-11-10-27-14-16(13-19(27)28)22(29)24-18(12-15-6-3-2-4-7-15)20-17-8-5-9-23-21(17)26-25-20/h2-9,16,18H,10-14H2,1H3,(H,24,29)(H,23,25,26)/t16-,18+/m0/s1. The smallest absolute Gasteiger partial charge is 0.225 e. The Balaban J connectivity index is 1.54. The number of aromatic amines is 1. The summed E-state index contributed by atoms with van der Waals surface area (Å²) in [6.07, 6.45) is 2.52. The van der Waals surface area contributed by atoms with Gasteiger partial charge in [0.1, 0.15) is 0 Å². The molecule has 3 heterocycles. The van der Waals surface area contributed by atoms with Crippen molar-refractivity contribution in [3.05, 3.63) is 59.9 Å². The number of aromatic nitrogens is 3. The predicted molar refractivity (Wildman–Crippen MR) is 111 cm³/mol. The maximum atomic E-state index is 13.1. The molecule has 0 saturated carbocycles. The number of carbonyl (C=O) groups is 2. The van der Waals surface area contributed by atoms with E-state index in [2.05, 4.69) is 20.5 Å².